The molecule has 0 heterocycles. The summed E-state index contributed by atoms with van der Waals surface area (Å²) in [4.78, 5) is 10.5. The summed E-state index contributed by atoms with van der Waals surface area (Å²) >= 11 is 0. The van der Waals surface area contributed by atoms with Gasteiger partial charge in [-0.3, -0.25) is 4.79 Å². The third-order valence-electron chi connectivity index (χ3n) is 7.47. The lowest BCUT2D eigenvalue weighted by Crippen LogP contribution is -2.27. The molecule has 0 fully saturated rings. The number of aldehydes is 1. The zero-order valence-electron chi connectivity index (χ0n) is 21.6. The highest BCUT2D eigenvalue weighted by Crippen LogP contribution is 2.50. The van der Waals surface area contributed by atoms with E-state index in [1.54, 1.807) is 5.57 Å². The van der Waals surface area contributed by atoms with Crippen LogP contribution in [0.2, 0.25) is 0 Å². The zero-order chi connectivity index (χ0) is 25.5. The van der Waals surface area contributed by atoms with Gasteiger partial charge in [-0.1, -0.05) is 106 Å². The molecule has 2 aliphatic rings. The van der Waals surface area contributed by atoms with Gasteiger partial charge in [-0.05, 0) is 80.1 Å². The Morgan fingerprint density at radius 1 is 0.833 bits per heavy atom. The number of fused-ring (bicyclic) bond motifs is 5. The number of allylic oxidation sites excluding steroid dienone is 4. The van der Waals surface area contributed by atoms with Gasteiger partial charge in [0, 0.05) is 11.1 Å². The second-order valence-electron chi connectivity index (χ2n) is 11.4. The van der Waals surface area contributed by atoms with E-state index in [1.165, 1.54) is 32.9 Å². The Hall–Kier alpha value is -3.89. The van der Waals surface area contributed by atoms with Crippen molar-refractivity contribution in [2.24, 2.45) is 5.41 Å². The van der Waals surface area contributed by atoms with Crippen LogP contribution < -0.4 is 0 Å². The number of hydrogen-bond acceptors (Lipinski definition) is 1. The molecule has 0 aromatic heterocycles. The molecule has 1 heteroatoms. The Morgan fingerprint density at radius 3 is 2.31 bits per heavy atom. The van der Waals surface area contributed by atoms with Crippen molar-refractivity contribution < 1.29 is 4.79 Å². The number of carbonyl (C=O) groups excluding carboxylic acids is 1. The molecule has 0 N–H and O–H groups in total. The molecule has 0 spiro atoms. The van der Waals surface area contributed by atoms with Crippen LogP contribution in [-0.2, 0) is 5.41 Å². The molecule has 0 atom stereocenters. The molecule has 6 rings (SSSR count). The van der Waals surface area contributed by atoms with E-state index in [2.05, 4.69) is 70.0 Å². The van der Waals surface area contributed by atoms with Crippen molar-refractivity contribution in [1.29, 1.82) is 0 Å². The van der Waals surface area contributed by atoms with Crippen molar-refractivity contribution in [1.82, 2.24) is 0 Å². The molecule has 178 valence electrons. The molecule has 0 amide bonds. The van der Waals surface area contributed by atoms with E-state index in [-0.39, 0.29) is 10.8 Å². The van der Waals surface area contributed by atoms with Crippen LogP contribution >= 0.6 is 0 Å². The van der Waals surface area contributed by atoms with Gasteiger partial charge in [-0.2, -0.15) is 0 Å². The Balaban J connectivity index is 0.000000186. The van der Waals surface area contributed by atoms with Gasteiger partial charge in [-0.15, -0.1) is 6.42 Å². The highest BCUT2D eigenvalue weighted by molar-refractivity contribution is 5.96. The van der Waals surface area contributed by atoms with E-state index in [1.807, 2.05) is 48.5 Å². The maximum Gasteiger partial charge on any atom is 0.150 e. The molecular weight excluding hydrogens is 436 g/mol. The third-order valence-corrected chi connectivity index (χ3v) is 7.47. The normalized spacial score (nSPS) is 17.0. The Kier molecular flexibility index (Phi) is 5.93. The molecule has 2 aliphatic carbocycles. The fraction of sp³-hybridized carbons (Fsp3) is 0.229. The van der Waals surface area contributed by atoms with E-state index in [0.29, 0.717) is 0 Å². The minimum atomic E-state index is 0.127. The molecule has 0 radical (unpaired) electrons. The van der Waals surface area contributed by atoms with Gasteiger partial charge < -0.3 is 0 Å². The average molecular weight is 469 g/mol. The number of benzene rings is 4. The lowest BCUT2D eigenvalue weighted by molar-refractivity contribution is 0.112. The van der Waals surface area contributed by atoms with Gasteiger partial charge >= 0.3 is 0 Å². The first kappa shape index (κ1) is 23.8. The first-order chi connectivity index (χ1) is 17.2. The van der Waals surface area contributed by atoms with Crippen molar-refractivity contribution in [2.75, 3.05) is 0 Å². The largest absolute Gasteiger partial charge is 0.298 e. The molecule has 0 aliphatic heterocycles. The van der Waals surface area contributed by atoms with Crippen molar-refractivity contribution in [2.45, 2.75) is 46.0 Å². The van der Waals surface area contributed by atoms with Gasteiger partial charge in [-0.25, -0.2) is 0 Å². The van der Waals surface area contributed by atoms with Gasteiger partial charge in [0.05, 0.1) is 0 Å². The van der Waals surface area contributed by atoms with Crippen LogP contribution in [-0.4, -0.2) is 6.29 Å². The van der Waals surface area contributed by atoms with Crippen LogP contribution in [0.5, 0.6) is 0 Å². The van der Waals surface area contributed by atoms with E-state index < -0.39 is 0 Å². The molecule has 0 bridgehead atoms. The summed E-state index contributed by atoms with van der Waals surface area (Å²) in [5.41, 5.74) is 7.99. The maximum absolute atomic E-state index is 10.5. The summed E-state index contributed by atoms with van der Waals surface area (Å²) in [6.45, 7) is 9.41. The van der Waals surface area contributed by atoms with Crippen LogP contribution in [0, 0.1) is 17.8 Å². The zero-order valence-corrected chi connectivity index (χ0v) is 21.6. The molecule has 0 saturated heterocycles. The molecule has 4 aromatic carbocycles. The molecule has 4 aromatic rings. The Morgan fingerprint density at radius 2 is 1.56 bits per heavy atom. The van der Waals surface area contributed by atoms with Gasteiger partial charge in [0.1, 0.15) is 6.29 Å². The summed E-state index contributed by atoms with van der Waals surface area (Å²) < 4.78 is 0. The second-order valence-corrected chi connectivity index (χ2v) is 11.4. The minimum Gasteiger partial charge on any atom is -0.298 e. The minimum absolute atomic E-state index is 0.127. The van der Waals surface area contributed by atoms with Crippen LogP contribution in [0.15, 0.2) is 90.5 Å². The number of rotatable bonds is 1. The summed E-state index contributed by atoms with van der Waals surface area (Å²) in [6, 6.07) is 24.6. The lowest BCUT2D eigenvalue weighted by atomic mass is 9.64. The van der Waals surface area contributed by atoms with Gasteiger partial charge in [0.15, 0.2) is 0 Å². The van der Waals surface area contributed by atoms with Crippen LogP contribution in [0.1, 0.15) is 67.6 Å². The third kappa shape index (κ3) is 4.40. The lowest BCUT2D eigenvalue weighted by Gasteiger charge is -2.40. The first-order valence-corrected chi connectivity index (χ1v) is 12.6. The summed E-state index contributed by atoms with van der Waals surface area (Å²) in [6.07, 6.45) is 13.5. The summed E-state index contributed by atoms with van der Waals surface area (Å²) in [5, 5.41) is 4.88. The van der Waals surface area contributed by atoms with Crippen molar-refractivity contribution >= 4 is 33.4 Å². The monoisotopic (exact) mass is 468 g/mol. The molecule has 36 heavy (non-hydrogen) atoms. The number of carbonyl (C=O) groups is 1. The van der Waals surface area contributed by atoms with Crippen LogP contribution in [0.4, 0.5) is 0 Å². The van der Waals surface area contributed by atoms with E-state index in [9.17, 15) is 4.79 Å². The van der Waals surface area contributed by atoms with Crippen molar-refractivity contribution in [3.63, 3.8) is 0 Å². The summed E-state index contributed by atoms with van der Waals surface area (Å²) in [7, 11) is 0. The standard InChI is InChI=1S/C24H24.C11H8O/c1-6-16-7-8-17-9-10-20-19-11-12-23(2,3)14-18(19)15-24(4,5)22(20)21(17)13-16;12-8-9-5-6-10-3-1-2-4-11(10)7-9/h1,7-13H,14-15H2,2-5H3;1-8H. The molecule has 1 nitrogen and oxygen atoms in total. The maximum atomic E-state index is 10.5. The van der Waals surface area contributed by atoms with E-state index in [0.717, 1.165) is 35.6 Å². The topological polar surface area (TPSA) is 17.1 Å². The average Bonchev–Trinajstić information content (AvgIpc) is 2.86. The Bertz CT molecular complexity index is 1600. The first-order valence-electron chi connectivity index (χ1n) is 12.6. The highest BCUT2D eigenvalue weighted by Gasteiger charge is 2.36. The second kappa shape index (κ2) is 8.96. The van der Waals surface area contributed by atoms with Gasteiger partial charge in [0.25, 0.3) is 0 Å². The summed E-state index contributed by atoms with van der Waals surface area (Å²) in [5.74, 6) is 2.79. The van der Waals surface area contributed by atoms with Gasteiger partial charge in [0.2, 0.25) is 0 Å². The Labute approximate surface area is 214 Å². The molecule has 0 saturated carbocycles. The van der Waals surface area contributed by atoms with Crippen molar-refractivity contribution in [3.8, 4) is 12.3 Å². The molecular formula is C35H32O. The van der Waals surface area contributed by atoms with E-state index in [4.69, 9.17) is 6.42 Å². The van der Waals surface area contributed by atoms with E-state index >= 15 is 0 Å². The smallest absolute Gasteiger partial charge is 0.150 e. The van der Waals surface area contributed by atoms with Crippen LogP contribution in [0.25, 0.3) is 27.1 Å². The SMILES string of the molecule is C#Cc1ccc2ccc3c(c2c1)C(C)(C)CC1=C3C=CC(C)(C)C1.O=Cc1ccc2ccccc2c1. The number of terminal acetylenes is 1. The number of hydrogen-bond donors (Lipinski definition) is 0. The van der Waals surface area contributed by atoms with Crippen LogP contribution in [0.3, 0.4) is 0 Å². The fourth-order valence-electron chi connectivity index (χ4n) is 5.83. The quantitative estimate of drug-likeness (QED) is 0.201. The predicted molar refractivity (Wildman–Crippen MR) is 153 cm³/mol. The highest BCUT2D eigenvalue weighted by atomic mass is 16.1. The fourth-order valence-corrected chi connectivity index (χ4v) is 5.83. The predicted octanol–water partition coefficient (Wildman–Crippen LogP) is 8.89. The molecule has 0 unspecified atom stereocenters. The van der Waals surface area contributed by atoms with Crippen molar-refractivity contribution in [3.05, 3.63) is 113 Å².